The Kier molecular flexibility index (Phi) is 2.65. The third kappa shape index (κ3) is 1.71. The van der Waals surface area contributed by atoms with Crippen molar-refractivity contribution in [3.05, 3.63) is 0 Å². The highest BCUT2D eigenvalue weighted by Crippen LogP contribution is 2.32. The van der Waals surface area contributed by atoms with Crippen LogP contribution in [0.2, 0.25) is 0 Å². The maximum atomic E-state index is 11.9. The second-order valence-electron chi connectivity index (χ2n) is 4.23. The molecule has 1 saturated heterocycles. The van der Waals surface area contributed by atoms with Gasteiger partial charge in [-0.25, -0.2) is 4.79 Å². The van der Waals surface area contributed by atoms with Gasteiger partial charge in [0.1, 0.15) is 6.04 Å². The van der Waals surface area contributed by atoms with Crippen molar-refractivity contribution in [2.75, 3.05) is 13.1 Å². The number of hydrogen-bond acceptors (Lipinski definition) is 3. The SMILES string of the molecule is CC1C(=O)N(C2CC2)C(=O)N1CCCN. The van der Waals surface area contributed by atoms with Crippen LogP contribution in [0.15, 0.2) is 0 Å². The van der Waals surface area contributed by atoms with Gasteiger partial charge < -0.3 is 10.6 Å². The van der Waals surface area contributed by atoms with Crippen LogP contribution in [-0.2, 0) is 4.79 Å². The van der Waals surface area contributed by atoms with Gasteiger partial charge >= 0.3 is 6.03 Å². The molecule has 0 aromatic carbocycles. The summed E-state index contributed by atoms with van der Waals surface area (Å²) in [7, 11) is 0. The normalized spacial score (nSPS) is 26.7. The fraction of sp³-hybridized carbons (Fsp3) is 0.800. The molecule has 0 spiro atoms. The molecule has 2 fully saturated rings. The van der Waals surface area contributed by atoms with E-state index in [2.05, 4.69) is 0 Å². The number of nitrogens with two attached hydrogens (primary N) is 1. The zero-order valence-electron chi connectivity index (χ0n) is 8.98. The molecule has 0 aromatic rings. The lowest BCUT2D eigenvalue weighted by atomic mass is 10.3. The summed E-state index contributed by atoms with van der Waals surface area (Å²) in [6, 6.07) is -0.247. The predicted octanol–water partition coefficient (Wildman–Crippen LogP) is 0.150. The maximum absolute atomic E-state index is 11.9. The first-order valence-corrected chi connectivity index (χ1v) is 5.50. The van der Waals surface area contributed by atoms with E-state index in [1.54, 1.807) is 11.8 Å². The van der Waals surface area contributed by atoms with Crippen molar-refractivity contribution < 1.29 is 9.59 Å². The molecule has 0 aromatic heterocycles. The van der Waals surface area contributed by atoms with Gasteiger partial charge in [0.2, 0.25) is 0 Å². The van der Waals surface area contributed by atoms with Crippen molar-refractivity contribution in [3.8, 4) is 0 Å². The molecule has 15 heavy (non-hydrogen) atoms. The van der Waals surface area contributed by atoms with Gasteiger partial charge in [0.25, 0.3) is 5.91 Å². The van der Waals surface area contributed by atoms with Crippen molar-refractivity contribution in [2.45, 2.75) is 38.3 Å². The van der Waals surface area contributed by atoms with Crippen molar-refractivity contribution in [3.63, 3.8) is 0 Å². The molecule has 2 aliphatic rings. The fourth-order valence-electron chi connectivity index (χ4n) is 1.95. The van der Waals surface area contributed by atoms with E-state index >= 15 is 0 Å². The molecule has 0 radical (unpaired) electrons. The predicted molar refractivity (Wildman–Crippen MR) is 55.1 cm³/mol. The lowest BCUT2D eigenvalue weighted by Gasteiger charge is -2.18. The Labute approximate surface area is 89.2 Å². The molecule has 5 heteroatoms. The highest BCUT2D eigenvalue weighted by Gasteiger charge is 2.48. The molecule has 3 amide bonds. The van der Waals surface area contributed by atoms with Gasteiger partial charge in [-0.15, -0.1) is 0 Å². The first-order chi connectivity index (χ1) is 7.16. The van der Waals surface area contributed by atoms with Gasteiger partial charge in [-0.3, -0.25) is 9.69 Å². The minimum absolute atomic E-state index is 0.0421. The first-order valence-electron chi connectivity index (χ1n) is 5.50. The van der Waals surface area contributed by atoms with Crippen LogP contribution in [0, 0.1) is 0 Å². The zero-order chi connectivity index (χ0) is 11.0. The first kappa shape index (κ1) is 10.4. The monoisotopic (exact) mass is 211 g/mol. The number of carbonyl (C=O) groups is 2. The number of imide groups is 1. The number of nitrogens with zero attached hydrogens (tertiary/aromatic N) is 2. The van der Waals surface area contributed by atoms with Crippen molar-refractivity contribution in [1.82, 2.24) is 9.80 Å². The lowest BCUT2D eigenvalue weighted by Crippen LogP contribution is -2.36. The van der Waals surface area contributed by atoms with Gasteiger partial charge in [0.15, 0.2) is 0 Å². The minimum atomic E-state index is -0.301. The summed E-state index contributed by atoms with van der Waals surface area (Å²) in [5, 5.41) is 0. The quantitative estimate of drug-likeness (QED) is 0.673. The van der Waals surface area contributed by atoms with E-state index in [9.17, 15) is 9.59 Å². The summed E-state index contributed by atoms with van der Waals surface area (Å²) >= 11 is 0. The molecular weight excluding hydrogens is 194 g/mol. The summed E-state index contributed by atoms with van der Waals surface area (Å²) < 4.78 is 0. The molecular formula is C10H17N3O2. The minimum Gasteiger partial charge on any atom is -0.330 e. The Hall–Kier alpha value is -1.10. The fourth-order valence-corrected chi connectivity index (χ4v) is 1.95. The number of carbonyl (C=O) groups excluding carboxylic acids is 2. The van der Waals surface area contributed by atoms with E-state index in [4.69, 9.17) is 5.73 Å². The Morgan fingerprint density at radius 1 is 1.40 bits per heavy atom. The molecule has 2 N–H and O–H groups in total. The van der Waals surface area contributed by atoms with Crippen LogP contribution >= 0.6 is 0 Å². The lowest BCUT2D eigenvalue weighted by molar-refractivity contribution is -0.128. The molecule has 1 heterocycles. The summed E-state index contributed by atoms with van der Waals surface area (Å²) in [6.07, 6.45) is 2.69. The highest BCUT2D eigenvalue weighted by atomic mass is 16.2. The van der Waals surface area contributed by atoms with Gasteiger partial charge in [-0.2, -0.15) is 0 Å². The Balaban J connectivity index is 2.06. The van der Waals surface area contributed by atoms with Crippen LogP contribution in [0.4, 0.5) is 4.79 Å². The van der Waals surface area contributed by atoms with Crippen molar-refractivity contribution in [1.29, 1.82) is 0 Å². The van der Waals surface area contributed by atoms with Crippen LogP contribution < -0.4 is 5.73 Å². The van der Waals surface area contributed by atoms with E-state index in [0.29, 0.717) is 13.1 Å². The zero-order valence-corrected chi connectivity index (χ0v) is 8.98. The number of amides is 3. The van der Waals surface area contributed by atoms with Crippen molar-refractivity contribution in [2.24, 2.45) is 5.73 Å². The molecule has 1 aliphatic carbocycles. The van der Waals surface area contributed by atoms with Crippen LogP contribution in [0.1, 0.15) is 26.2 Å². The second kappa shape index (κ2) is 3.81. The molecule has 0 bridgehead atoms. The second-order valence-corrected chi connectivity index (χ2v) is 4.23. The summed E-state index contributed by atoms with van der Waals surface area (Å²) in [6.45, 7) is 2.93. The van der Waals surface area contributed by atoms with Gasteiger partial charge in [0, 0.05) is 12.6 Å². The Morgan fingerprint density at radius 3 is 2.60 bits per heavy atom. The van der Waals surface area contributed by atoms with E-state index in [1.807, 2.05) is 0 Å². The third-order valence-electron chi connectivity index (χ3n) is 3.03. The van der Waals surface area contributed by atoms with Crippen molar-refractivity contribution >= 4 is 11.9 Å². The number of rotatable bonds is 4. The standard InChI is InChI=1S/C10H17N3O2/c1-7-9(14)13(8-3-4-8)10(15)12(7)6-2-5-11/h7-8H,2-6,11H2,1H3. The maximum Gasteiger partial charge on any atom is 0.327 e. The largest absolute Gasteiger partial charge is 0.330 e. The molecule has 1 saturated carbocycles. The molecule has 1 unspecified atom stereocenters. The number of hydrogen-bond donors (Lipinski definition) is 1. The van der Waals surface area contributed by atoms with Crippen LogP contribution in [0.3, 0.4) is 0 Å². The Morgan fingerprint density at radius 2 is 2.07 bits per heavy atom. The average molecular weight is 211 g/mol. The average Bonchev–Trinajstić information content (AvgIpc) is 2.99. The summed E-state index contributed by atoms with van der Waals surface area (Å²) in [5.41, 5.74) is 5.40. The molecule has 1 aliphatic heterocycles. The smallest absolute Gasteiger partial charge is 0.327 e. The van der Waals surface area contributed by atoms with Gasteiger partial charge in [-0.1, -0.05) is 0 Å². The molecule has 5 nitrogen and oxygen atoms in total. The summed E-state index contributed by atoms with van der Waals surface area (Å²) in [5.74, 6) is -0.0421. The van der Waals surface area contributed by atoms with Crippen LogP contribution in [0.25, 0.3) is 0 Å². The van der Waals surface area contributed by atoms with Crippen LogP contribution in [0.5, 0.6) is 0 Å². The van der Waals surface area contributed by atoms with Gasteiger partial charge in [0.05, 0.1) is 0 Å². The van der Waals surface area contributed by atoms with Gasteiger partial charge in [-0.05, 0) is 32.7 Å². The molecule has 1 atom stereocenters. The number of urea groups is 1. The van der Waals surface area contributed by atoms with E-state index in [1.165, 1.54) is 4.90 Å². The third-order valence-corrected chi connectivity index (χ3v) is 3.03. The van der Waals surface area contributed by atoms with E-state index < -0.39 is 0 Å². The Bertz CT molecular complexity index is 288. The summed E-state index contributed by atoms with van der Waals surface area (Å²) in [4.78, 5) is 26.8. The highest BCUT2D eigenvalue weighted by molar-refractivity contribution is 6.04. The topological polar surface area (TPSA) is 66.6 Å². The molecule has 2 rings (SSSR count). The van der Waals surface area contributed by atoms with E-state index in [-0.39, 0.29) is 24.0 Å². The molecule has 84 valence electrons. The van der Waals surface area contributed by atoms with Crippen LogP contribution in [-0.4, -0.2) is 46.9 Å². The van der Waals surface area contributed by atoms with E-state index in [0.717, 1.165) is 19.3 Å².